The summed E-state index contributed by atoms with van der Waals surface area (Å²) in [6.07, 6.45) is 12.9. The molecule has 0 bridgehead atoms. The maximum Gasteiger partial charge on any atom is 0.337 e. The van der Waals surface area contributed by atoms with Gasteiger partial charge in [0.05, 0.1) is 12.1 Å². The van der Waals surface area contributed by atoms with Crippen LogP contribution in [0.3, 0.4) is 0 Å². The van der Waals surface area contributed by atoms with Crippen molar-refractivity contribution in [1.29, 1.82) is 0 Å². The molecule has 1 heterocycles. The molecule has 0 amide bonds. The standard InChI is InChI=1S/C14H17NO2/c1-2-9-15-10-8-12(14(16)17)13(15)11-6-4-3-5-7-11/h1,8,10-11H,3-7,9H2,(H,16,17). The smallest absolute Gasteiger partial charge is 0.337 e. The predicted molar refractivity (Wildman–Crippen MR) is 66.1 cm³/mol. The SMILES string of the molecule is C#CCn1ccc(C(=O)O)c1C1CCCCC1. The normalized spacial score (nSPS) is 16.6. The topological polar surface area (TPSA) is 42.2 Å². The summed E-state index contributed by atoms with van der Waals surface area (Å²) >= 11 is 0. The summed E-state index contributed by atoms with van der Waals surface area (Å²) in [5.41, 5.74) is 1.35. The molecule has 0 radical (unpaired) electrons. The van der Waals surface area contributed by atoms with Crippen LogP contribution in [-0.2, 0) is 6.54 Å². The van der Waals surface area contributed by atoms with Gasteiger partial charge in [-0.1, -0.05) is 25.2 Å². The summed E-state index contributed by atoms with van der Waals surface area (Å²) in [6.45, 7) is 0.457. The van der Waals surface area contributed by atoms with Crippen molar-refractivity contribution in [2.24, 2.45) is 0 Å². The van der Waals surface area contributed by atoms with Gasteiger partial charge in [-0.15, -0.1) is 6.42 Å². The van der Waals surface area contributed by atoms with Gasteiger partial charge in [0.2, 0.25) is 0 Å². The van der Waals surface area contributed by atoms with Crippen LogP contribution in [0.2, 0.25) is 0 Å². The molecular weight excluding hydrogens is 214 g/mol. The van der Waals surface area contributed by atoms with Gasteiger partial charge in [0, 0.05) is 17.8 Å². The number of rotatable bonds is 3. The molecule has 0 spiro atoms. The van der Waals surface area contributed by atoms with Crippen LogP contribution in [-0.4, -0.2) is 15.6 Å². The zero-order chi connectivity index (χ0) is 12.3. The number of hydrogen-bond donors (Lipinski definition) is 1. The Labute approximate surface area is 101 Å². The van der Waals surface area contributed by atoms with Crippen LogP contribution in [0.15, 0.2) is 12.3 Å². The summed E-state index contributed by atoms with van der Waals surface area (Å²) in [6, 6.07) is 1.67. The van der Waals surface area contributed by atoms with E-state index >= 15 is 0 Å². The Morgan fingerprint density at radius 1 is 1.47 bits per heavy atom. The third-order valence-corrected chi connectivity index (χ3v) is 3.49. The molecule has 0 atom stereocenters. The van der Waals surface area contributed by atoms with Crippen molar-refractivity contribution >= 4 is 5.97 Å². The van der Waals surface area contributed by atoms with Crippen molar-refractivity contribution in [3.63, 3.8) is 0 Å². The second-order valence-corrected chi connectivity index (χ2v) is 4.59. The number of carboxylic acids is 1. The molecule has 1 aromatic rings. The lowest BCUT2D eigenvalue weighted by Crippen LogP contribution is -2.14. The van der Waals surface area contributed by atoms with Gasteiger partial charge in [0.1, 0.15) is 0 Å². The highest BCUT2D eigenvalue weighted by Crippen LogP contribution is 2.34. The molecule has 1 aliphatic rings. The number of aromatic nitrogens is 1. The summed E-state index contributed by atoms with van der Waals surface area (Å²) < 4.78 is 1.92. The summed E-state index contributed by atoms with van der Waals surface area (Å²) in [7, 11) is 0. The number of nitrogens with zero attached hydrogens (tertiary/aromatic N) is 1. The highest BCUT2D eigenvalue weighted by atomic mass is 16.4. The molecule has 0 aromatic carbocycles. The van der Waals surface area contributed by atoms with Crippen LogP contribution in [0.1, 0.15) is 54.1 Å². The summed E-state index contributed by atoms with van der Waals surface area (Å²) in [4.78, 5) is 11.2. The Morgan fingerprint density at radius 2 is 2.18 bits per heavy atom. The zero-order valence-corrected chi connectivity index (χ0v) is 9.85. The van der Waals surface area contributed by atoms with Crippen molar-refractivity contribution in [3.05, 3.63) is 23.5 Å². The average molecular weight is 231 g/mol. The third kappa shape index (κ3) is 2.36. The van der Waals surface area contributed by atoms with Crippen LogP contribution in [0.25, 0.3) is 0 Å². The zero-order valence-electron chi connectivity index (χ0n) is 9.85. The Hall–Kier alpha value is -1.69. The van der Waals surface area contributed by atoms with E-state index in [9.17, 15) is 9.90 Å². The molecule has 3 heteroatoms. The lowest BCUT2D eigenvalue weighted by atomic mass is 9.85. The van der Waals surface area contributed by atoms with Gasteiger partial charge in [0.15, 0.2) is 0 Å². The van der Waals surface area contributed by atoms with Crippen LogP contribution in [0.5, 0.6) is 0 Å². The van der Waals surface area contributed by atoms with E-state index in [1.165, 1.54) is 19.3 Å². The third-order valence-electron chi connectivity index (χ3n) is 3.49. The maximum atomic E-state index is 11.2. The van der Waals surface area contributed by atoms with Gasteiger partial charge in [0.25, 0.3) is 0 Å². The monoisotopic (exact) mass is 231 g/mol. The molecule has 1 fully saturated rings. The quantitative estimate of drug-likeness (QED) is 0.813. The molecule has 0 saturated heterocycles. The highest BCUT2D eigenvalue weighted by Gasteiger charge is 2.24. The summed E-state index contributed by atoms with van der Waals surface area (Å²) in [5, 5.41) is 9.21. The van der Waals surface area contributed by atoms with Crippen molar-refractivity contribution in [3.8, 4) is 12.3 Å². The molecule has 90 valence electrons. The second kappa shape index (κ2) is 5.09. The highest BCUT2D eigenvalue weighted by molar-refractivity contribution is 5.89. The van der Waals surface area contributed by atoms with E-state index in [0.717, 1.165) is 18.5 Å². The number of carbonyl (C=O) groups is 1. The number of hydrogen-bond acceptors (Lipinski definition) is 1. The fraction of sp³-hybridized carbons (Fsp3) is 0.500. The molecule has 3 nitrogen and oxygen atoms in total. The maximum absolute atomic E-state index is 11.2. The Kier molecular flexibility index (Phi) is 3.53. The molecule has 1 aliphatic carbocycles. The Balaban J connectivity index is 2.36. The van der Waals surface area contributed by atoms with Crippen molar-refractivity contribution in [2.45, 2.75) is 44.6 Å². The fourth-order valence-corrected chi connectivity index (χ4v) is 2.73. The average Bonchev–Trinajstić information content (AvgIpc) is 2.74. The fourth-order valence-electron chi connectivity index (χ4n) is 2.73. The molecular formula is C14H17NO2. The van der Waals surface area contributed by atoms with E-state index in [2.05, 4.69) is 5.92 Å². The predicted octanol–water partition coefficient (Wildman–Crippen LogP) is 2.87. The second-order valence-electron chi connectivity index (χ2n) is 4.59. The lowest BCUT2D eigenvalue weighted by Gasteiger charge is -2.23. The van der Waals surface area contributed by atoms with E-state index in [1.54, 1.807) is 12.3 Å². The summed E-state index contributed by atoms with van der Waals surface area (Å²) in [5.74, 6) is 2.10. The van der Waals surface area contributed by atoms with Crippen LogP contribution in [0, 0.1) is 12.3 Å². The van der Waals surface area contributed by atoms with Gasteiger partial charge in [-0.2, -0.15) is 0 Å². The van der Waals surface area contributed by atoms with E-state index in [1.807, 2.05) is 4.57 Å². The first-order valence-corrected chi connectivity index (χ1v) is 6.10. The molecule has 2 rings (SSSR count). The largest absolute Gasteiger partial charge is 0.478 e. The molecule has 17 heavy (non-hydrogen) atoms. The first-order chi connectivity index (χ1) is 8.24. The van der Waals surface area contributed by atoms with E-state index in [4.69, 9.17) is 6.42 Å². The van der Waals surface area contributed by atoms with Gasteiger partial charge < -0.3 is 9.67 Å². The lowest BCUT2D eigenvalue weighted by molar-refractivity contribution is 0.0694. The number of aromatic carboxylic acids is 1. The van der Waals surface area contributed by atoms with Gasteiger partial charge in [-0.3, -0.25) is 0 Å². The van der Waals surface area contributed by atoms with Crippen LogP contribution in [0.4, 0.5) is 0 Å². The van der Waals surface area contributed by atoms with Crippen molar-refractivity contribution in [1.82, 2.24) is 4.57 Å². The minimum absolute atomic E-state index is 0.359. The van der Waals surface area contributed by atoms with E-state index < -0.39 is 5.97 Å². The van der Waals surface area contributed by atoms with Crippen molar-refractivity contribution in [2.75, 3.05) is 0 Å². The minimum Gasteiger partial charge on any atom is -0.478 e. The van der Waals surface area contributed by atoms with Gasteiger partial charge >= 0.3 is 5.97 Å². The molecule has 0 aliphatic heterocycles. The van der Waals surface area contributed by atoms with E-state index in [0.29, 0.717) is 18.0 Å². The van der Waals surface area contributed by atoms with Crippen LogP contribution < -0.4 is 0 Å². The molecule has 0 unspecified atom stereocenters. The molecule has 1 saturated carbocycles. The van der Waals surface area contributed by atoms with Gasteiger partial charge in [-0.25, -0.2) is 4.79 Å². The van der Waals surface area contributed by atoms with Gasteiger partial charge in [-0.05, 0) is 18.9 Å². The Bertz CT molecular complexity index is 447. The minimum atomic E-state index is -0.846. The first kappa shape index (κ1) is 11.8. The first-order valence-electron chi connectivity index (χ1n) is 6.10. The van der Waals surface area contributed by atoms with E-state index in [-0.39, 0.29) is 0 Å². The van der Waals surface area contributed by atoms with Crippen LogP contribution >= 0.6 is 0 Å². The molecule has 1 aromatic heterocycles. The van der Waals surface area contributed by atoms with Crippen molar-refractivity contribution < 1.29 is 9.90 Å². The number of terminal acetylenes is 1. The Morgan fingerprint density at radius 3 is 2.76 bits per heavy atom. The molecule has 1 N–H and O–H groups in total. The number of carboxylic acid groups (broad SMARTS) is 1.